The second-order valence-corrected chi connectivity index (χ2v) is 11.4. The molecule has 43 heavy (non-hydrogen) atoms. The molecular formula is C30H27F2N5O5S. The number of hydrogen-bond donors (Lipinski definition) is 1. The van der Waals surface area contributed by atoms with Gasteiger partial charge in [0.05, 0.1) is 23.7 Å². The van der Waals surface area contributed by atoms with Crippen molar-refractivity contribution in [1.29, 1.82) is 0 Å². The predicted octanol–water partition coefficient (Wildman–Crippen LogP) is 4.18. The number of sulfonamides is 1. The van der Waals surface area contributed by atoms with Gasteiger partial charge in [0.15, 0.2) is 5.78 Å². The number of pyridine rings is 2. The van der Waals surface area contributed by atoms with E-state index in [-0.39, 0.29) is 39.8 Å². The molecule has 0 atom stereocenters. The molecule has 1 amide bonds. The van der Waals surface area contributed by atoms with Gasteiger partial charge in [-0.2, -0.15) is 0 Å². The van der Waals surface area contributed by atoms with Crippen LogP contribution in [0.5, 0.6) is 5.88 Å². The maximum atomic E-state index is 16.3. The van der Waals surface area contributed by atoms with Crippen LogP contribution >= 0.6 is 0 Å². The Bertz CT molecular complexity index is 1860. The predicted molar refractivity (Wildman–Crippen MR) is 157 cm³/mol. The molecule has 0 aliphatic carbocycles. The Hall–Kier alpha value is -4.91. The summed E-state index contributed by atoms with van der Waals surface area (Å²) in [5.41, 5.74) is 1.26. The largest absolute Gasteiger partial charge is 0.480 e. The zero-order valence-electron chi connectivity index (χ0n) is 23.3. The molecule has 4 aromatic rings. The molecule has 1 saturated heterocycles. The first-order chi connectivity index (χ1) is 20.6. The van der Waals surface area contributed by atoms with Gasteiger partial charge in [0, 0.05) is 55.8 Å². The van der Waals surface area contributed by atoms with Crippen LogP contribution < -0.4 is 14.4 Å². The lowest BCUT2D eigenvalue weighted by atomic mass is 10.0. The smallest absolute Gasteiger partial charge is 0.264 e. The zero-order valence-corrected chi connectivity index (χ0v) is 24.1. The van der Waals surface area contributed by atoms with Crippen molar-refractivity contribution in [3.8, 4) is 17.0 Å². The third-order valence-corrected chi connectivity index (χ3v) is 8.34. The Balaban J connectivity index is 1.48. The summed E-state index contributed by atoms with van der Waals surface area (Å²) in [6.45, 7) is 2.97. The Morgan fingerprint density at radius 3 is 2.44 bits per heavy atom. The summed E-state index contributed by atoms with van der Waals surface area (Å²) in [6, 6.07) is 11.1. The number of piperazine rings is 1. The molecule has 1 fully saturated rings. The molecular weight excluding hydrogens is 580 g/mol. The molecule has 2 aromatic carbocycles. The quantitative estimate of drug-likeness (QED) is 0.296. The molecule has 0 spiro atoms. The van der Waals surface area contributed by atoms with Crippen LogP contribution in [0.25, 0.3) is 22.0 Å². The van der Waals surface area contributed by atoms with Gasteiger partial charge in [-0.05, 0) is 49.4 Å². The number of halogens is 2. The molecule has 1 N–H and O–H groups in total. The van der Waals surface area contributed by atoms with Crippen LogP contribution in [0.1, 0.15) is 6.92 Å². The third-order valence-electron chi connectivity index (χ3n) is 6.94. The number of anilines is 2. The summed E-state index contributed by atoms with van der Waals surface area (Å²) < 4.78 is 64.0. The van der Waals surface area contributed by atoms with Crippen molar-refractivity contribution in [3.05, 3.63) is 84.7 Å². The number of benzene rings is 2. The van der Waals surface area contributed by atoms with Crippen LogP contribution in [-0.4, -0.2) is 68.3 Å². The first kappa shape index (κ1) is 29.6. The van der Waals surface area contributed by atoms with Crippen LogP contribution in [0.2, 0.25) is 0 Å². The number of nitrogens with one attached hydrogen (secondary N) is 1. The number of rotatable bonds is 8. The molecule has 0 saturated carbocycles. The average molecular weight is 608 g/mol. The molecule has 5 rings (SSSR count). The highest BCUT2D eigenvalue weighted by molar-refractivity contribution is 7.92. The summed E-state index contributed by atoms with van der Waals surface area (Å²) in [4.78, 5) is 35.1. The maximum absolute atomic E-state index is 16.3. The third kappa shape index (κ3) is 6.16. The van der Waals surface area contributed by atoms with Crippen LogP contribution in [-0.2, 0) is 19.6 Å². The normalized spacial score (nSPS) is 13.9. The summed E-state index contributed by atoms with van der Waals surface area (Å²) in [7, 11) is -3.07. The van der Waals surface area contributed by atoms with Gasteiger partial charge in [-0.3, -0.25) is 19.3 Å². The van der Waals surface area contributed by atoms with Gasteiger partial charge in [0.2, 0.25) is 11.8 Å². The zero-order chi connectivity index (χ0) is 30.7. The first-order valence-electron chi connectivity index (χ1n) is 13.2. The minimum Gasteiger partial charge on any atom is -0.480 e. The van der Waals surface area contributed by atoms with Crippen molar-refractivity contribution in [2.24, 2.45) is 0 Å². The molecule has 222 valence electrons. The topological polar surface area (TPSA) is 122 Å². The fourth-order valence-corrected chi connectivity index (χ4v) is 5.96. The highest BCUT2D eigenvalue weighted by Crippen LogP contribution is 2.37. The van der Waals surface area contributed by atoms with Gasteiger partial charge < -0.3 is 14.5 Å². The molecule has 0 bridgehead atoms. The summed E-state index contributed by atoms with van der Waals surface area (Å²) in [5, 5.41) is 0.251. The number of carbonyl (C=O) groups excluding carboxylic acids is 2. The minimum absolute atomic E-state index is 0.0854. The molecule has 10 nitrogen and oxygen atoms in total. The number of fused-ring (bicyclic) bond motifs is 1. The van der Waals surface area contributed by atoms with E-state index in [2.05, 4.69) is 14.7 Å². The number of hydrogen-bond acceptors (Lipinski definition) is 8. The van der Waals surface area contributed by atoms with Gasteiger partial charge in [-0.25, -0.2) is 22.2 Å². The Kier molecular flexibility index (Phi) is 8.35. The van der Waals surface area contributed by atoms with E-state index >= 15 is 4.39 Å². The van der Waals surface area contributed by atoms with Crippen LogP contribution in [0.3, 0.4) is 0 Å². The lowest BCUT2D eigenvalue weighted by molar-refractivity contribution is -0.126. The summed E-state index contributed by atoms with van der Waals surface area (Å²) in [5.74, 6) is -2.10. The van der Waals surface area contributed by atoms with Crippen molar-refractivity contribution >= 4 is 44.0 Å². The fourth-order valence-electron chi connectivity index (χ4n) is 4.83. The average Bonchev–Trinajstić information content (AvgIpc) is 3.00. The van der Waals surface area contributed by atoms with Gasteiger partial charge in [0.25, 0.3) is 10.0 Å². The lowest BCUT2D eigenvalue weighted by Crippen LogP contribution is -2.48. The molecule has 2 aromatic heterocycles. The van der Waals surface area contributed by atoms with E-state index in [9.17, 15) is 22.4 Å². The van der Waals surface area contributed by atoms with Crippen LogP contribution in [0.15, 0.2) is 78.0 Å². The molecule has 1 aliphatic heterocycles. The van der Waals surface area contributed by atoms with Gasteiger partial charge in [-0.15, -0.1) is 0 Å². The van der Waals surface area contributed by atoms with E-state index in [0.717, 1.165) is 12.1 Å². The van der Waals surface area contributed by atoms with E-state index in [0.29, 0.717) is 37.4 Å². The fraction of sp³-hybridized carbons (Fsp3) is 0.200. The SMILES string of the molecule is COc1ncc(-c2ccc3nccc(N4CCN(C(=O)C=CC(C)=O)CC4)c3c2F)cc1NS(=O)(=O)c1ccccc1F. The standard InChI is InChI=1S/C30H27F2N5O5S/c1-19(38)7-10-27(39)37-15-13-36(14-16-37)25-11-12-33-23-9-8-21(29(32)28(23)25)20-17-24(30(42-2)34-18-20)35-43(40,41)26-6-4-3-5-22(26)31/h3-12,17-18,35H,13-16H2,1-2H3. The molecule has 0 radical (unpaired) electrons. The number of carbonyl (C=O) groups is 2. The van der Waals surface area contributed by atoms with Crippen molar-refractivity contribution < 1.29 is 31.5 Å². The highest BCUT2D eigenvalue weighted by atomic mass is 32.2. The number of ether oxygens (including phenoxy) is 1. The molecule has 3 heterocycles. The number of ketones is 1. The Morgan fingerprint density at radius 2 is 1.74 bits per heavy atom. The van der Waals surface area contributed by atoms with Gasteiger partial charge >= 0.3 is 0 Å². The number of methoxy groups -OCH3 is 1. The minimum atomic E-state index is -4.36. The number of allylic oxidation sites excluding steroid dienone is 1. The number of aromatic nitrogens is 2. The van der Waals surface area contributed by atoms with Crippen molar-refractivity contribution in [2.75, 3.05) is 42.9 Å². The second-order valence-electron chi connectivity index (χ2n) is 9.72. The number of nitrogens with zero attached hydrogens (tertiary/aromatic N) is 4. The van der Waals surface area contributed by atoms with Gasteiger partial charge in [-0.1, -0.05) is 12.1 Å². The van der Waals surface area contributed by atoms with Gasteiger partial charge in [0.1, 0.15) is 22.2 Å². The second kappa shape index (κ2) is 12.1. The van der Waals surface area contributed by atoms with Crippen LogP contribution in [0, 0.1) is 11.6 Å². The molecule has 1 aliphatic rings. The highest BCUT2D eigenvalue weighted by Gasteiger charge is 2.25. The summed E-state index contributed by atoms with van der Waals surface area (Å²) in [6.07, 6.45) is 5.40. The molecule has 13 heteroatoms. The van der Waals surface area contributed by atoms with Crippen molar-refractivity contribution in [2.45, 2.75) is 11.8 Å². The van der Waals surface area contributed by atoms with Crippen LogP contribution in [0.4, 0.5) is 20.2 Å². The van der Waals surface area contributed by atoms with E-state index in [1.54, 1.807) is 23.2 Å². The van der Waals surface area contributed by atoms with E-state index in [4.69, 9.17) is 4.74 Å². The lowest BCUT2D eigenvalue weighted by Gasteiger charge is -2.36. The van der Waals surface area contributed by atoms with Crippen molar-refractivity contribution in [1.82, 2.24) is 14.9 Å². The monoisotopic (exact) mass is 607 g/mol. The first-order valence-corrected chi connectivity index (χ1v) is 14.7. The van der Waals surface area contributed by atoms with E-state index in [1.165, 1.54) is 56.6 Å². The molecule has 0 unspecified atom stereocenters. The Morgan fingerprint density at radius 1 is 1.00 bits per heavy atom. The van der Waals surface area contributed by atoms with E-state index in [1.807, 2.05) is 4.90 Å². The van der Waals surface area contributed by atoms with E-state index < -0.39 is 26.6 Å². The Labute approximate surface area is 246 Å². The summed E-state index contributed by atoms with van der Waals surface area (Å²) >= 11 is 0. The van der Waals surface area contributed by atoms with Crippen molar-refractivity contribution in [3.63, 3.8) is 0 Å². The number of amides is 1. The maximum Gasteiger partial charge on any atom is 0.264 e.